The van der Waals surface area contributed by atoms with Crippen LogP contribution in [0, 0.1) is 11.7 Å². The molecule has 2 aromatic rings. The summed E-state index contributed by atoms with van der Waals surface area (Å²) in [6.07, 6.45) is 2.49. The zero-order valence-electron chi connectivity index (χ0n) is 13.3. The van der Waals surface area contributed by atoms with Crippen molar-refractivity contribution in [2.45, 2.75) is 26.2 Å². The highest BCUT2D eigenvalue weighted by molar-refractivity contribution is 5.94. The first-order valence-corrected chi connectivity index (χ1v) is 7.85. The third-order valence-electron chi connectivity index (χ3n) is 4.21. The molecule has 1 amide bonds. The smallest absolute Gasteiger partial charge is 0.308 e. The lowest BCUT2D eigenvalue weighted by Gasteiger charge is -2.07. The lowest BCUT2D eigenvalue weighted by atomic mass is 10.1. The maximum absolute atomic E-state index is 13.1. The molecule has 0 aliphatic heterocycles. The largest absolute Gasteiger partial charge is 0.481 e. The number of carbonyl (C=O) groups excluding carboxylic acids is 1. The number of halogens is 1. The molecule has 1 aliphatic carbocycles. The molecular weight excluding hydrogens is 313 g/mol. The molecule has 1 heterocycles. The van der Waals surface area contributed by atoms with Gasteiger partial charge in [-0.05, 0) is 43.5 Å². The molecular formula is C17H18FN3O3. The zero-order chi connectivity index (χ0) is 17.3. The topological polar surface area (TPSA) is 84.2 Å². The Labute approximate surface area is 138 Å². The molecule has 0 spiro atoms. The quantitative estimate of drug-likeness (QED) is 0.877. The Morgan fingerprint density at radius 1 is 1.33 bits per heavy atom. The van der Waals surface area contributed by atoms with Crippen LogP contribution >= 0.6 is 0 Å². The summed E-state index contributed by atoms with van der Waals surface area (Å²) in [6, 6.07) is 5.95. The fraction of sp³-hybridized carbons (Fsp3) is 0.353. The van der Waals surface area contributed by atoms with E-state index >= 15 is 0 Å². The van der Waals surface area contributed by atoms with Crippen molar-refractivity contribution in [2.75, 3.05) is 6.54 Å². The average molecular weight is 331 g/mol. The molecule has 24 heavy (non-hydrogen) atoms. The van der Waals surface area contributed by atoms with E-state index in [0.717, 1.165) is 30.5 Å². The minimum Gasteiger partial charge on any atom is -0.481 e. The van der Waals surface area contributed by atoms with Crippen LogP contribution in [0.15, 0.2) is 24.3 Å². The van der Waals surface area contributed by atoms with Crippen molar-refractivity contribution in [3.63, 3.8) is 0 Å². The van der Waals surface area contributed by atoms with Crippen molar-refractivity contribution in [2.24, 2.45) is 5.92 Å². The van der Waals surface area contributed by atoms with Crippen LogP contribution in [0.25, 0.3) is 5.69 Å². The van der Waals surface area contributed by atoms with E-state index in [1.165, 1.54) is 19.1 Å². The standard InChI is InChI=1S/C17H18FN3O3/c1-10(17(23)24)9-19-16(22)15-13-3-2-4-14(13)21(20-15)12-7-5-11(18)6-8-12/h5-8,10H,2-4,9H2,1H3,(H,19,22)(H,23,24). The Hall–Kier alpha value is -2.70. The Balaban J connectivity index is 1.87. The highest BCUT2D eigenvalue weighted by atomic mass is 19.1. The minimum absolute atomic E-state index is 0.0480. The minimum atomic E-state index is -0.961. The molecule has 126 valence electrons. The van der Waals surface area contributed by atoms with E-state index in [-0.39, 0.29) is 18.3 Å². The highest BCUT2D eigenvalue weighted by Gasteiger charge is 2.27. The average Bonchev–Trinajstić information content (AvgIpc) is 3.15. The molecule has 1 aromatic carbocycles. The van der Waals surface area contributed by atoms with Gasteiger partial charge in [0.2, 0.25) is 0 Å². The molecule has 1 atom stereocenters. The van der Waals surface area contributed by atoms with Gasteiger partial charge in [-0.25, -0.2) is 9.07 Å². The summed E-state index contributed by atoms with van der Waals surface area (Å²) in [4.78, 5) is 23.2. The number of hydrogen-bond donors (Lipinski definition) is 2. The van der Waals surface area contributed by atoms with E-state index in [0.29, 0.717) is 11.4 Å². The van der Waals surface area contributed by atoms with Gasteiger partial charge >= 0.3 is 5.97 Å². The summed E-state index contributed by atoms with van der Waals surface area (Å²) in [5, 5.41) is 15.9. The summed E-state index contributed by atoms with van der Waals surface area (Å²) < 4.78 is 14.8. The maximum Gasteiger partial charge on any atom is 0.308 e. The zero-order valence-corrected chi connectivity index (χ0v) is 13.3. The van der Waals surface area contributed by atoms with Gasteiger partial charge in [0.05, 0.1) is 11.6 Å². The molecule has 1 aromatic heterocycles. The number of carbonyl (C=O) groups is 2. The molecule has 3 rings (SSSR count). The second-order valence-electron chi connectivity index (χ2n) is 5.96. The number of rotatable bonds is 5. The van der Waals surface area contributed by atoms with Crippen LogP contribution in [0.4, 0.5) is 4.39 Å². The van der Waals surface area contributed by atoms with Crippen LogP contribution < -0.4 is 5.32 Å². The second kappa shape index (κ2) is 6.43. The number of amides is 1. The van der Waals surface area contributed by atoms with Crippen molar-refractivity contribution in [1.29, 1.82) is 0 Å². The monoisotopic (exact) mass is 331 g/mol. The van der Waals surface area contributed by atoms with Gasteiger partial charge in [-0.15, -0.1) is 0 Å². The van der Waals surface area contributed by atoms with Crippen LogP contribution in [0.1, 0.15) is 35.1 Å². The van der Waals surface area contributed by atoms with Crippen molar-refractivity contribution in [1.82, 2.24) is 15.1 Å². The van der Waals surface area contributed by atoms with Gasteiger partial charge in [-0.2, -0.15) is 5.10 Å². The van der Waals surface area contributed by atoms with Gasteiger partial charge < -0.3 is 10.4 Å². The molecule has 7 heteroatoms. The highest BCUT2D eigenvalue weighted by Crippen LogP contribution is 2.27. The summed E-state index contributed by atoms with van der Waals surface area (Å²) in [7, 11) is 0. The Morgan fingerprint density at radius 2 is 2.04 bits per heavy atom. The summed E-state index contributed by atoms with van der Waals surface area (Å²) in [6.45, 7) is 1.58. The third kappa shape index (κ3) is 3.02. The van der Waals surface area contributed by atoms with Crippen LogP contribution in [0.5, 0.6) is 0 Å². The third-order valence-corrected chi connectivity index (χ3v) is 4.21. The predicted molar refractivity (Wildman–Crippen MR) is 84.7 cm³/mol. The van der Waals surface area contributed by atoms with E-state index in [4.69, 9.17) is 5.11 Å². The summed E-state index contributed by atoms with van der Waals surface area (Å²) in [5.41, 5.74) is 2.87. The number of nitrogens with one attached hydrogen (secondary N) is 1. The Morgan fingerprint density at radius 3 is 2.71 bits per heavy atom. The second-order valence-corrected chi connectivity index (χ2v) is 5.96. The number of carboxylic acid groups (broad SMARTS) is 1. The van der Waals surface area contributed by atoms with Gasteiger partial charge in [0.25, 0.3) is 5.91 Å². The van der Waals surface area contributed by atoms with Crippen LogP contribution in [0.2, 0.25) is 0 Å². The Kier molecular flexibility index (Phi) is 4.33. The first-order chi connectivity index (χ1) is 11.5. The van der Waals surface area contributed by atoms with Gasteiger partial charge in [0.15, 0.2) is 5.69 Å². The normalized spacial score (nSPS) is 14.2. The maximum atomic E-state index is 13.1. The number of aromatic nitrogens is 2. The first kappa shape index (κ1) is 16.2. The fourth-order valence-corrected chi connectivity index (χ4v) is 2.83. The van der Waals surface area contributed by atoms with E-state index in [1.54, 1.807) is 16.8 Å². The molecule has 6 nitrogen and oxygen atoms in total. The molecule has 0 radical (unpaired) electrons. The lowest BCUT2D eigenvalue weighted by molar-refractivity contribution is -0.140. The van der Waals surface area contributed by atoms with E-state index in [1.807, 2.05) is 0 Å². The molecule has 1 aliphatic rings. The van der Waals surface area contributed by atoms with Crippen molar-refractivity contribution in [3.8, 4) is 5.69 Å². The first-order valence-electron chi connectivity index (χ1n) is 7.85. The van der Waals surface area contributed by atoms with Crippen molar-refractivity contribution in [3.05, 3.63) is 47.0 Å². The van der Waals surface area contributed by atoms with Crippen LogP contribution in [-0.2, 0) is 17.6 Å². The van der Waals surface area contributed by atoms with Crippen LogP contribution in [0.3, 0.4) is 0 Å². The van der Waals surface area contributed by atoms with E-state index in [2.05, 4.69) is 10.4 Å². The molecule has 1 unspecified atom stereocenters. The predicted octanol–water partition coefficient (Wildman–Crippen LogP) is 1.95. The number of carboxylic acids is 1. The molecule has 0 saturated carbocycles. The van der Waals surface area contributed by atoms with Crippen molar-refractivity contribution < 1.29 is 19.1 Å². The van der Waals surface area contributed by atoms with Gasteiger partial charge in [-0.3, -0.25) is 9.59 Å². The molecule has 0 saturated heterocycles. The molecule has 2 N–H and O–H groups in total. The summed E-state index contributed by atoms with van der Waals surface area (Å²) >= 11 is 0. The summed E-state index contributed by atoms with van der Waals surface area (Å²) in [5.74, 6) is -2.33. The lowest BCUT2D eigenvalue weighted by Crippen LogP contribution is -2.32. The van der Waals surface area contributed by atoms with E-state index in [9.17, 15) is 14.0 Å². The van der Waals surface area contributed by atoms with Gasteiger partial charge in [0.1, 0.15) is 5.82 Å². The van der Waals surface area contributed by atoms with Crippen molar-refractivity contribution >= 4 is 11.9 Å². The molecule has 0 bridgehead atoms. The van der Waals surface area contributed by atoms with E-state index < -0.39 is 11.9 Å². The molecule has 0 fully saturated rings. The SMILES string of the molecule is CC(CNC(=O)c1nn(-c2ccc(F)cc2)c2c1CCC2)C(=O)O. The number of nitrogens with zero attached hydrogens (tertiary/aromatic N) is 2. The van der Waals surface area contributed by atoms with Crippen LogP contribution in [-0.4, -0.2) is 33.3 Å². The number of hydrogen-bond acceptors (Lipinski definition) is 3. The Bertz CT molecular complexity index is 783. The number of aliphatic carboxylic acids is 1. The number of fused-ring (bicyclic) bond motifs is 1. The van der Waals surface area contributed by atoms with Gasteiger partial charge in [0, 0.05) is 17.8 Å². The number of benzene rings is 1. The fourth-order valence-electron chi connectivity index (χ4n) is 2.83. The van der Waals surface area contributed by atoms with Gasteiger partial charge in [-0.1, -0.05) is 6.92 Å².